The predicted octanol–water partition coefficient (Wildman–Crippen LogP) is -0.268. The Labute approximate surface area is 75.7 Å². The van der Waals surface area contributed by atoms with Gasteiger partial charge in [0, 0.05) is 19.6 Å². The lowest BCUT2D eigenvalue weighted by atomic mass is 9.88. The summed E-state index contributed by atoms with van der Waals surface area (Å²) in [6, 6.07) is 0. The van der Waals surface area contributed by atoms with E-state index >= 15 is 0 Å². The van der Waals surface area contributed by atoms with Crippen LogP contribution in [-0.2, 0) is 4.79 Å². The van der Waals surface area contributed by atoms with Crippen molar-refractivity contribution < 1.29 is 14.7 Å². The number of rotatable bonds is 0. The lowest BCUT2D eigenvalue weighted by molar-refractivity contribution is -0.123. The van der Waals surface area contributed by atoms with E-state index < -0.39 is 6.09 Å². The Bertz CT molecular complexity index is 254. The third kappa shape index (κ3) is 1.34. The van der Waals surface area contributed by atoms with Gasteiger partial charge < -0.3 is 15.3 Å². The van der Waals surface area contributed by atoms with Crippen LogP contribution in [0.15, 0.2) is 0 Å². The monoisotopic (exact) mass is 184 g/mol. The SMILES string of the molecule is O=C1NC[C@H]2CCN(C(=O)O)C[C@@H]12. The molecule has 2 aliphatic rings. The highest BCUT2D eigenvalue weighted by Crippen LogP contribution is 2.27. The number of piperidine rings is 1. The number of hydrogen-bond donors (Lipinski definition) is 2. The van der Waals surface area contributed by atoms with E-state index in [1.807, 2.05) is 0 Å². The zero-order valence-electron chi connectivity index (χ0n) is 7.19. The molecule has 2 fully saturated rings. The van der Waals surface area contributed by atoms with E-state index in [9.17, 15) is 9.59 Å². The van der Waals surface area contributed by atoms with Crippen LogP contribution in [0.1, 0.15) is 6.42 Å². The van der Waals surface area contributed by atoms with E-state index in [2.05, 4.69) is 5.32 Å². The van der Waals surface area contributed by atoms with Gasteiger partial charge in [0.2, 0.25) is 5.91 Å². The zero-order valence-corrected chi connectivity index (χ0v) is 7.19. The molecule has 0 aromatic rings. The van der Waals surface area contributed by atoms with Crippen molar-refractivity contribution in [1.29, 1.82) is 0 Å². The third-order valence-corrected chi connectivity index (χ3v) is 2.90. The summed E-state index contributed by atoms with van der Waals surface area (Å²) in [5.41, 5.74) is 0. The van der Waals surface area contributed by atoms with Gasteiger partial charge in [0.05, 0.1) is 5.92 Å². The summed E-state index contributed by atoms with van der Waals surface area (Å²) in [7, 11) is 0. The average Bonchev–Trinajstić information content (AvgIpc) is 2.47. The maximum atomic E-state index is 11.2. The number of carbonyl (C=O) groups is 2. The van der Waals surface area contributed by atoms with Crippen molar-refractivity contribution >= 4 is 12.0 Å². The second-order valence-electron chi connectivity index (χ2n) is 3.63. The molecule has 5 nitrogen and oxygen atoms in total. The Balaban J connectivity index is 2.05. The van der Waals surface area contributed by atoms with Gasteiger partial charge in [-0.05, 0) is 12.3 Å². The Morgan fingerprint density at radius 3 is 3.08 bits per heavy atom. The number of nitrogens with one attached hydrogen (secondary N) is 1. The first kappa shape index (κ1) is 8.34. The molecule has 5 heteroatoms. The number of likely N-dealkylation sites (tertiary alicyclic amines) is 1. The summed E-state index contributed by atoms with van der Waals surface area (Å²) in [5, 5.41) is 11.5. The van der Waals surface area contributed by atoms with Crippen LogP contribution in [0.4, 0.5) is 4.79 Å². The molecule has 2 heterocycles. The average molecular weight is 184 g/mol. The highest BCUT2D eigenvalue weighted by atomic mass is 16.4. The van der Waals surface area contributed by atoms with Gasteiger partial charge in [-0.15, -0.1) is 0 Å². The fraction of sp³-hybridized carbons (Fsp3) is 0.750. The first-order chi connectivity index (χ1) is 6.18. The summed E-state index contributed by atoms with van der Waals surface area (Å²) in [6.45, 7) is 1.65. The van der Waals surface area contributed by atoms with Crippen LogP contribution < -0.4 is 5.32 Å². The van der Waals surface area contributed by atoms with Crippen LogP contribution in [0, 0.1) is 11.8 Å². The first-order valence-electron chi connectivity index (χ1n) is 4.44. The molecule has 72 valence electrons. The van der Waals surface area contributed by atoms with Crippen LogP contribution in [0.2, 0.25) is 0 Å². The van der Waals surface area contributed by atoms with Gasteiger partial charge in [-0.2, -0.15) is 0 Å². The van der Waals surface area contributed by atoms with E-state index in [1.54, 1.807) is 0 Å². The molecule has 0 unspecified atom stereocenters. The fourth-order valence-electron chi connectivity index (χ4n) is 2.08. The van der Waals surface area contributed by atoms with Gasteiger partial charge in [-0.3, -0.25) is 4.79 Å². The van der Waals surface area contributed by atoms with Crippen molar-refractivity contribution in [2.75, 3.05) is 19.6 Å². The summed E-state index contributed by atoms with van der Waals surface area (Å²) in [5.74, 6) is 0.254. The van der Waals surface area contributed by atoms with E-state index in [1.165, 1.54) is 4.90 Å². The van der Waals surface area contributed by atoms with Crippen molar-refractivity contribution in [3.63, 3.8) is 0 Å². The molecule has 13 heavy (non-hydrogen) atoms. The van der Waals surface area contributed by atoms with Crippen molar-refractivity contribution in [2.45, 2.75) is 6.42 Å². The lowest BCUT2D eigenvalue weighted by Gasteiger charge is -2.31. The molecule has 2 aliphatic heterocycles. The van der Waals surface area contributed by atoms with Gasteiger partial charge in [0.15, 0.2) is 0 Å². The molecule has 0 saturated carbocycles. The zero-order chi connectivity index (χ0) is 9.42. The van der Waals surface area contributed by atoms with Crippen LogP contribution in [0.5, 0.6) is 0 Å². The summed E-state index contributed by atoms with van der Waals surface area (Å²) in [4.78, 5) is 23.2. The van der Waals surface area contributed by atoms with Crippen LogP contribution >= 0.6 is 0 Å². The maximum absolute atomic E-state index is 11.2. The van der Waals surface area contributed by atoms with Crippen LogP contribution in [-0.4, -0.2) is 41.6 Å². The number of fused-ring (bicyclic) bond motifs is 1. The Kier molecular flexibility index (Phi) is 1.86. The summed E-state index contributed by atoms with van der Waals surface area (Å²) >= 11 is 0. The minimum absolute atomic E-state index is 0.0101. The molecule has 2 N–H and O–H groups in total. The topological polar surface area (TPSA) is 69.6 Å². The molecular formula is C8H12N2O3. The standard InChI is InChI=1S/C8H12N2O3/c11-7-6-4-10(8(12)13)2-1-5(6)3-9-7/h5-6H,1-4H2,(H,9,11)(H,12,13)/t5-,6-/m1/s1. The van der Waals surface area contributed by atoms with Gasteiger partial charge in [-0.1, -0.05) is 0 Å². The highest BCUT2D eigenvalue weighted by Gasteiger charge is 2.40. The molecule has 2 saturated heterocycles. The quantitative estimate of drug-likeness (QED) is 0.544. The van der Waals surface area contributed by atoms with Crippen molar-refractivity contribution in [2.24, 2.45) is 11.8 Å². The lowest BCUT2D eigenvalue weighted by Crippen LogP contribution is -2.43. The largest absolute Gasteiger partial charge is 0.465 e. The predicted molar refractivity (Wildman–Crippen MR) is 44.2 cm³/mol. The second-order valence-corrected chi connectivity index (χ2v) is 3.63. The van der Waals surface area contributed by atoms with Gasteiger partial charge in [0.25, 0.3) is 0 Å². The molecule has 0 bridgehead atoms. The molecular weight excluding hydrogens is 172 g/mol. The Hall–Kier alpha value is -1.26. The van der Waals surface area contributed by atoms with E-state index in [-0.39, 0.29) is 11.8 Å². The molecule has 0 aliphatic carbocycles. The van der Waals surface area contributed by atoms with Crippen LogP contribution in [0.3, 0.4) is 0 Å². The second kappa shape index (κ2) is 2.90. The van der Waals surface area contributed by atoms with Crippen molar-refractivity contribution in [3.8, 4) is 0 Å². The molecule has 0 spiro atoms. The smallest absolute Gasteiger partial charge is 0.407 e. The Morgan fingerprint density at radius 1 is 1.62 bits per heavy atom. The summed E-state index contributed by atoms with van der Waals surface area (Å²) < 4.78 is 0. The fourth-order valence-corrected chi connectivity index (χ4v) is 2.08. The number of nitrogens with zero attached hydrogens (tertiary/aromatic N) is 1. The minimum atomic E-state index is -0.918. The molecule has 0 radical (unpaired) electrons. The number of hydrogen-bond acceptors (Lipinski definition) is 2. The molecule has 0 aromatic carbocycles. The first-order valence-corrected chi connectivity index (χ1v) is 4.44. The Morgan fingerprint density at radius 2 is 2.38 bits per heavy atom. The van der Waals surface area contributed by atoms with Crippen LogP contribution in [0.25, 0.3) is 0 Å². The number of carbonyl (C=O) groups excluding carboxylic acids is 1. The van der Waals surface area contributed by atoms with Gasteiger partial charge in [-0.25, -0.2) is 4.79 Å². The van der Waals surface area contributed by atoms with E-state index in [0.717, 1.165) is 13.0 Å². The molecule has 2 amide bonds. The number of amides is 2. The van der Waals surface area contributed by atoms with Crippen molar-refractivity contribution in [1.82, 2.24) is 10.2 Å². The molecule has 0 aromatic heterocycles. The molecule has 2 rings (SSSR count). The number of carboxylic acid groups (broad SMARTS) is 1. The van der Waals surface area contributed by atoms with E-state index in [0.29, 0.717) is 19.0 Å². The van der Waals surface area contributed by atoms with Gasteiger partial charge in [0.1, 0.15) is 0 Å². The van der Waals surface area contributed by atoms with Gasteiger partial charge >= 0.3 is 6.09 Å². The summed E-state index contributed by atoms with van der Waals surface area (Å²) in [6.07, 6.45) is -0.117. The minimum Gasteiger partial charge on any atom is -0.465 e. The van der Waals surface area contributed by atoms with E-state index in [4.69, 9.17) is 5.11 Å². The molecule has 2 atom stereocenters. The van der Waals surface area contributed by atoms with Crippen molar-refractivity contribution in [3.05, 3.63) is 0 Å². The third-order valence-electron chi connectivity index (χ3n) is 2.90. The highest BCUT2D eigenvalue weighted by molar-refractivity contribution is 5.82. The normalized spacial score (nSPS) is 32.6. The maximum Gasteiger partial charge on any atom is 0.407 e.